The van der Waals surface area contributed by atoms with E-state index in [2.05, 4.69) is 64.1 Å². The summed E-state index contributed by atoms with van der Waals surface area (Å²) in [6.45, 7) is 11.7. The lowest BCUT2D eigenvalue weighted by Gasteiger charge is -2.31. The number of nitrogens with zero attached hydrogens (tertiary/aromatic N) is 4. The van der Waals surface area contributed by atoms with E-state index in [9.17, 15) is 9.90 Å². The second kappa shape index (κ2) is 9.11. The van der Waals surface area contributed by atoms with Crippen LogP contribution in [-0.2, 0) is 4.79 Å². The molecule has 2 aromatic rings. The Morgan fingerprint density at radius 2 is 1.86 bits per heavy atom. The summed E-state index contributed by atoms with van der Waals surface area (Å²) in [4.78, 5) is 24.8. The van der Waals surface area contributed by atoms with Crippen LogP contribution in [0.1, 0.15) is 38.1 Å². The maximum absolute atomic E-state index is 11.2. The highest BCUT2D eigenvalue weighted by molar-refractivity contribution is 5.70. The van der Waals surface area contributed by atoms with Crippen LogP contribution in [0.3, 0.4) is 0 Å². The average molecular weight is 398 g/mol. The maximum Gasteiger partial charge on any atom is 0.306 e. The Morgan fingerprint density at radius 3 is 2.45 bits per heavy atom. The molecule has 0 spiro atoms. The van der Waals surface area contributed by atoms with Crippen LogP contribution >= 0.6 is 0 Å². The largest absolute Gasteiger partial charge is 0.481 e. The van der Waals surface area contributed by atoms with E-state index in [0.717, 1.165) is 36.0 Å². The number of hydrogen-bond donors (Lipinski definition) is 2. The van der Waals surface area contributed by atoms with Crippen molar-refractivity contribution in [1.82, 2.24) is 9.97 Å². The van der Waals surface area contributed by atoms with Gasteiger partial charge in [-0.15, -0.1) is 0 Å². The predicted octanol–water partition coefficient (Wildman–Crippen LogP) is 3.98. The molecule has 29 heavy (non-hydrogen) atoms. The third kappa shape index (κ3) is 4.96. The van der Waals surface area contributed by atoms with Gasteiger partial charge in [-0.25, -0.2) is 9.97 Å². The molecule has 1 fully saturated rings. The van der Waals surface area contributed by atoms with Crippen LogP contribution in [-0.4, -0.2) is 47.2 Å². The van der Waals surface area contributed by atoms with Crippen molar-refractivity contribution in [1.29, 1.82) is 0 Å². The summed E-state index contributed by atoms with van der Waals surface area (Å²) in [6.07, 6.45) is 1.29. The van der Waals surface area contributed by atoms with Gasteiger partial charge in [-0.2, -0.15) is 0 Å². The van der Waals surface area contributed by atoms with Crippen LogP contribution in [0.4, 0.5) is 23.0 Å². The first-order chi connectivity index (χ1) is 13.9. The predicted molar refractivity (Wildman–Crippen MR) is 117 cm³/mol. The molecule has 2 heterocycles. The van der Waals surface area contributed by atoms with E-state index in [1.54, 1.807) is 0 Å². The summed E-state index contributed by atoms with van der Waals surface area (Å²) in [5.41, 5.74) is 3.41. The van der Waals surface area contributed by atoms with Gasteiger partial charge in [0.1, 0.15) is 17.5 Å². The van der Waals surface area contributed by atoms with E-state index < -0.39 is 5.97 Å². The molecule has 1 saturated heterocycles. The first kappa shape index (κ1) is 20.9. The molecule has 1 aliphatic heterocycles. The zero-order valence-corrected chi connectivity index (χ0v) is 17.8. The van der Waals surface area contributed by atoms with Gasteiger partial charge in [0, 0.05) is 43.6 Å². The summed E-state index contributed by atoms with van der Waals surface area (Å²) in [6, 6.07) is 8.37. The van der Waals surface area contributed by atoms with Gasteiger partial charge >= 0.3 is 5.97 Å². The van der Waals surface area contributed by atoms with Gasteiger partial charge in [0.2, 0.25) is 0 Å². The van der Waals surface area contributed by atoms with Crippen LogP contribution in [0.2, 0.25) is 0 Å². The van der Waals surface area contributed by atoms with Gasteiger partial charge in [0.15, 0.2) is 0 Å². The minimum absolute atomic E-state index is 0.251. The summed E-state index contributed by atoms with van der Waals surface area (Å²) in [5.74, 6) is 1.35. The number of carboxylic acid groups (broad SMARTS) is 1. The zero-order chi connectivity index (χ0) is 21.0. The van der Waals surface area contributed by atoms with Crippen molar-refractivity contribution >= 4 is 29.0 Å². The first-order valence-electron chi connectivity index (χ1n) is 10.4. The van der Waals surface area contributed by atoms with E-state index in [-0.39, 0.29) is 5.92 Å². The Labute approximate surface area is 172 Å². The van der Waals surface area contributed by atoms with E-state index in [0.29, 0.717) is 31.8 Å². The molecule has 0 aliphatic carbocycles. The molecule has 1 aliphatic rings. The number of carbonyl (C=O) groups is 1. The molecule has 3 rings (SSSR count). The lowest BCUT2D eigenvalue weighted by molar-refractivity contribution is -0.142. The molecular weight excluding hydrogens is 366 g/mol. The Morgan fingerprint density at radius 1 is 1.17 bits per heavy atom. The minimum atomic E-state index is -0.700. The fraction of sp³-hybridized carbons (Fsp3) is 0.500. The number of aromatic nitrogens is 2. The Hall–Kier alpha value is -2.83. The average Bonchev–Trinajstić information content (AvgIpc) is 2.70. The first-order valence-corrected chi connectivity index (χ1v) is 10.4. The summed E-state index contributed by atoms with van der Waals surface area (Å²) >= 11 is 0. The maximum atomic E-state index is 11.2. The smallest absolute Gasteiger partial charge is 0.306 e. The van der Waals surface area contributed by atoms with Crippen LogP contribution in [0.15, 0.2) is 24.3 Å². The zero-order valence-electron chi connectivity index (χ0n) is 17.8. The number of aliphatic carboxylic acids is 1. The molecule has 0 amide bonds. The van der Waals surface area contributed by atoms with Crippen molar-refractivity contribution in [3.8, 4) is 0 Å². The highest BCUT2D eigenvalue weighted by Gasteiger charge is 2.25. The number of benzene rings is 1. The summed E-state index contributed by atoms with van der Waals surface area (Å²) < 4.78 is 0. The van der Waals surface area contributed by atoms with Gasteiger partial charge < -0.3 is 20.2 Å². The van der Waals surface area contributed by atoms with Gasteiger partial charge in [0.25, 0.3) is 0 Å². The number of nitrogens with one attached hydrogen (secondary N) is 1. The monoisotopic (exact) mass is 397 g/mol. The number of rotatable bonds is 7. The number of aryl methyl sites for hydroxylation is 2. The van der Waals surface area contributed by atoms with Gasteiger partial charge in [-0.05, 0) is 64.3 Å². The number of carboxylic acids is 1. The fourth-order valence-corrected chi connectivity index (χ4v) is 3.85. The standard InChI is InChI=1S/C22H31N5O2/c1-5-26(6-2)18-7-8-19(15(3)13-18)25-20-14-21(24-16(4)23-20)27-11-9-17(10-12-27)22(28)29/h7-8,13-14,17H,5-6,9-12H2,1-4H3,(H,28,29)(H,23,24,25). The Bertz CT molecular complexity index is 858. The van der Waals surface area contributed by atoms with Crippen LogP contribution in [0.25, 0.3) is 0 Å². The summed E-state index contributed by atoms with van der Waals surface area (Å²) in [5, 5.41) is 12.6. The highest BCUT2D eigenvalue weighted by atomic mass is 16.4. The Kier molecular flexibility index (Phi) is 6.56. The topological polar surface area (TPSA) is 81.6 Å². The molecular formula is C22H31N5O2. The molecule has 156 valence electrons. The second-order valence-electron chi connectivity index (χ2n) is 7.55. The third-order valence-electron chi connectivity index (χ3n) is 5.59. The van der Waals surface area contributed by atoms with Crippen molar-refractivity contribution in [3.63, 3.8) is 0 Å². The molecule has 0 atom stereocenters. The SMILES string of the molecule is CCN(CC)c1ccc(Nc2cc(N3CCC(C(=O)O)CC3)nc(C)n2)c(C)c1. The van der Waals surface area contributed by atoms with E-state index in [4.69, 9.17) is 0 Å². The summed E-state index contributed by atoms with van der Waals surface area (Å²) in [7, 11) is 0. The van der Waals surface area contributed by atoms with Gasteiger partial charge in [0.05, 0.1) is 5.92 Å². The van der Waals surface area contributed by atoms with Crippen LogP contribution in [0, 0.1) is 19.8 Å². The fourth-order valence-electron chi connectivity index (χ4n) is 3.85. The highest BCUT2D eigenvalue weighted by Crippen LogP contribution is 2.28. The molecule has 1 aromatic heterocycles. The normalized spacial score (nSPS) is 14.7. The number of hydrogen-bond acceptors (Lipinski definition) is 6. The quantitative estimate of drug-likeness (QED) is 0.731. The van der Waals surface area contributed by atoms with Crippen molar-refractivity contribution in [3.05, 3.63) is 35.7 Å². The van der Waals surface area contributed by atoms with Crippen molar-refractivity contribution < 1.29 is 9.90 Å². The van der Waals surface area contributed by atoms with E-state index in [1.807, 2.05) is 13.0 Å². The van der Waals surface area contributed by atoms with Gasteiger partial charge in [-0.3, -0.25) is 4.79 Å². The third-order valence-corrected chi connectivity index (χ3v) is 5.59. The van der Waals surface area contributed by atoms with Gasteiger partial charge in [-0.1, -0.05) is 0 Å². The molecule has 7 heteroatoms. The molecule has 1 aromatic carbocycles. The molecule has 0 bridgehead atoms. The lowest BCUT2D eigenvalue weighted by atomic mass is 9.97. The van der Waals surface area contributed by atoms with Crippen LogP contribution < -0.4 is 15.1 Å². The molecule has 7 nitrogen and oxygen atoms in total. The lowest BCUT2D eigenvalue weighted by Crippen LogP contribution is -2.36. The Balaban J connectivity index is 1.76. The van der Waals surface area contributed by atoms with Crippen molar-refractivity contribution in [2.24, 2.45) is 5.92 Å². The molecule has 0 saturated carbocycles. The van der Waals surface area contributed by atoms with Crippen LogP contribution in [0.5, 0.6) is 0 Å². The van der Waals surface area contributed by atoms with Crippen molar-refractivity contribution in [2.45, 2.75) is 40.5 Å². The molecule has 2 N–H and O–H groups in total. The second-order valence-corrected chi connectivity index (χ2v) is 7.55. The molecule has 0 unspecified atom stereocenters. The van der Waals surface area contributed by atoms with Crippen molar-refractivity contribution in [2.75, 3.05) is 41.3 Å². The molecule has 0 radical (unpaired) electrons. The van der Waals surface area contributed by atoms with E-state index >= 15 is 0 Å². The van der Waals surface area contributed by atoms with E-state index in [1.165, 1.54) is 5.69 Å². The minimum Gasteiger partial charge on any atom is -0.481 e. The number of anilines is 4. The number of piperidine rings is 1.